The van der Waals surface area contributed by atoms with Gasteiger partial charge in [0, 0.05) is 6.04 Å². The summed E-state index contributed by atoms with van der Waals surface area (Å²) in [4.78, 5) is 0. The van der Waals surface area contributed by atoms with E-state index in [-0.39, 0.29) is 6.04 Å². The van der Waals surface area contributed by atoms with Crippen LogP contribution in [0.15, 0.2) is 0 Å². The number of halogens is 1. The van der Waals surface area contributed by atoms with E-state index in [2.05, 4.69) is 6.92 Å². The number of rotatable bonds is 3. The summed E-state index contributed by atoms with van der Waals surface area (Å²) < 4.78 is 13.9. The van der Waals surface area contributed by atoms with Crippen LogP contribution in [-0.2, 0) is 0 Å². The molecule has 0 aliphatic heterocycles. The van der Waals surface area contributed by atoms with E-state index in [9.17, 15) is 4.39 Å². The molecule has 0 bridgehead atoms. The minimum Gasteiger partial charge on any atom is -0.328 e. The van der Waals surface area contributed by atoms with Gasteiger partial charge in [0.2, 0.25) is 0 Å². The number of unbranched alkanes of at least 4 members (excludes halogenated alkanes) is 1. The molecule has 0 aromatic rings. The number of nitrogens with two attached hydrogens (primary N) is 1. The summed E-state index contributed by atoms with van der Waals surface area (Å²) in [6.07, 6.45) is 5.99. The highest BCUT2D eigenvalue weighted by Crippen LogP contribution is 2.35. The van der Waals surface area contributed by atoms with Crippen molar-refractivity contribution < 1.29 is 4.39 Å². The largest absolute Gasteiger partial charge is 0.328 e. The monoisotopic (exact) mass is 173 g/mol. The quantitative estimate of drug-likeness (QED) is 0.697. The van der Waals surface area contributed by atoms with Crippen molar-refractivity contribution in [3.8, 4) is 0 Å². The van der Waals surface area contributed by atoms with Gasteiger partial charge in [-0.3, -0.25) is 0 Å². The molecule has 1 aliphatic rings. The van der Waals surface area contributed by atoms with Crippen LogP contribution in [0.5, 0.6) is 0 Å². The topological polar surface area (TPSA) is 26.0 Å². The molecule has 12 heavy (non-hydrogen) atoms. The second kappa shape index (κ2) is 4.22. The van der Waals surface area contributed by atoms with Gasteiger partial charge in [0.25, 0.3) is 0 Å². The van der Waals surface area contributed by atoms with E-state index in [1.165, 1.54) is 0 Å². The maximum absolute atomic E-state index is 13.9. The Morgan fingerprint density at radius 3 is 2.50 bits per heavy atom. The van der Waals surface area contributed by atoms with Crippen LogP contribution < -0.4 is 5.73 Å². The van der Waals surface area contributed by atoms with Gasteiger partial charge in [-0.05, 0) is 32.1 Å². The lowest BCUT2D eigenvalue weighted by molar-refractivity contribution is 0.0864. The molecule has 0 heterocycles. The molecule has 0 unspecified atom stereocenters. The van der Waals surface area contributed by atoms with E-state index < -0.39 is 5.67 Å². The summed E-state index contributed by atoms with van der Waals surface area (Å²) >= 11 is 0. The van der Waals surface area contributed by atoms with Crippen LogP contribution in [0.1, 0.15) is 51.9 Å². The van der Waals surface area contributed by atoms with Crippen molar-refractivity contribution >= 4 is 0 Å². The fourth-order valence-electron chi connectivity index (χ4n) is 1.90. The second-order valence-corrected chi connectivity index (χ2v) is 4.09. The minimum atomic E-state index is -0.869. The van der Waals surface area contributed by atoms with E-state index in [0.717, 1.165) is 32.1 Å². The molecular formula is C10H20FN. The molecule has 1 rings (SSSR count). The smallest absolute Gasteiger partial charge is 0.111 e. The highest BCUT2D eigenvalue weighted by Gasteiger charge is 2.33. The molecule has 1 nitrogen and oxygen atoms in total. The molecule has 0 aromatic heterocycles. The summed E-state index contributed by atoms with van der Waals surface area (Å²) in [5.41, 5.74) is 4.85. The second-order valence-electron chi connectivity index (χ2n) is 4.09. The van der Waals surface area contributed by atoms with Gasteiger partial charge in [-0.2, -0.15) is 0 Å². The molecule has 1 aliphatic carbocycles. The third kappa shape index (κ3) is 2.74. The lowest BCUT2D eigenvalue weighted by Gasteiger charge is -2.32. The standard InChI is InChI=1S/C10H20FN/c1-2-3-6-10(11)7-4-9(12)5-8-10/h9H,2-8,12H2,1H3. The zero-order chi connectivity index (χ0) is 9.03. The van der Waals surface area contributed by atoms with E-state index in [4.69, 9.17) is 5.73 Å². The van der Waals surface area contributed by atoms with Gasteiger partial charge in [0.05, 0.1) is 0 Å². The van der Waals surface area contributed by atoms with Crippen molar-refractivity contribution in [1.82, 2.24) is 0 Å². The molecular weight excluding hydrogens is 153 g/mol. The highest BCUT2D eigenvalue weighted by atomic mass is 19.1. The molecule has 0 atom stereocenters. The third-order valence-electron chi connectivity index (χ3n) is 2.90. The van der Waals surface area contributed by atoms with E-state index >= 15 is 0 Å². The first-order valence-electron chi connectivity index (χ1n) is 5.11. The van der Waals surface area contributed by atoms with Crippen LogP contribution in [0.25, 0.3) is 0 Å². The Kier molecular flexibility index (Phi) is 3.51. The summed E-state index contributed by atoms with van der Waals surface area (Å²) in [5.74, 6) is 0. The molecule has 2 heteroatoms. The Labute approximate surface area is 74.5 Å². The van der Waals surface area contributed by atoms with Crippen molar-refractivity contribution in [3.05, 3.63) is 0 Å². The van der Waals surface area contributed by atoms with Gasteiger partial charge >= 0.3 is 0 Å². The van der Waals surface area contributed by atoms with Crippen molar-refractivity contribution in [2.45, 2.75) is 63.6 Å². The maximum atomic E-state index is 13.9. The zero-order valence-corrected chi connectivity index (χ0v) is 7.98. The number of hydrogen-bond donors (Lipinski definition) is 1. The first-order valence-corrected chi connectivity index (χ1v) is 5.11. The summed E-state index contributed by atoms with van der Waals surface area (Å²) in [6, 6.07) is 0.260. The first kappa shape index (κ1) is 9.97. The highest BCUT2D eigenvalue weighted by molar-refractivity contribution is 4.86. The summed E-state index contributed by atoms with van der Waals surface area (Å²) in [6.45, 7) is 2.11. The van der Waals surface area contributed by atoms with Gasteiger partial charge in [-0.15, -0.1) is 0 Å². The van der Waals surface area contributed by atoms with Crippen molar-refractivity contribution in [1.29, 1.82) is 0 Å². The predicted octanol–water partition coefficient (Wildman–Crippen LogP) is 2.79. The summed E-state index contributed by atoms with van der Waals surface area (Å²) in [7, 11) is 0. The van der Waals surface area contributed by atoms with E-state index in [1.807, 2.05) is 0 Å². The number of hydrogen-bond acceptors (Lipinski definition) is 1. The lowest BCUT2D eigenvalue weighted by atomic mass is 9.81. The molecule has 0 saturated heterocycles. The van der Waals surface area contributed by atoms with Crippen LogP contribution in [0.4, 0.5) is 4.39 Å². The maximum Gasteiger partial charge on any atom is 0.111 e. The van der Waals surface area contributed by atoms with Crippen molar-refractivity contribution in [3.63, 3.8) is 0 Å². The van der Waals surface area contributed by atoms with Gasteiger partial charge < -0.3 is 5.73 Å². The van der Waals surface area contributed by atoms with Crippen LogP contribution in [0, 0.1) is 0 Å². The van der Waals surface area contributed by atoms with E-state index in [0.29, 0.717) is 12.8 Å². The Morgan fingerprint density at radius 2 is 2.00 bits per heavy atom. The fraction of sp³-hybridized carbons (Fsp3) is 1.00. The molecule has 0 amide bonds. The Morgan fingerprint density at radius 1 is 1.42 bits per heavy atom. The fourth-order valence-corrected chi connectivity index (χ4v) is 1.90. The van der Waals surface area contributed by atoms with Crippen LogP contribution in [0.3, 0.4) is 0 Å². The molecule has 0 aromatic carbocycles. The minimum absolute atomic E-state index is 0.260. The van der Waals surface area contributed by atoms with Crippen molar-refractivity contribution in [2.24, 2.45) is 5.73 Å². The van der Waals surface area contributed by atoms with Gasteiger partial charge in [0.1, 0.15) is 5.67 Å². The van der Waals surface area contributed by atoms with Crippen LogP contribution in [0.2, 0.25) is 0 Å². The average molecular weight is 173 g/mol. The summed E-state index contributed by atoms with van der Waals surface area (Å²) in [5, 5.41) is 0. The molecule has 0 radical (unpaired) electrons. The molecule has 0 spiro atoms. The van der Waals surface area contributed by atoms with Crippen LogP contribution >= 0.6 is 0 Å². The number of alkyl halides is 1. The molecule has 72 valence electrons. The van der Waals surface area contributed by atoms with Crippen LogP contribution in [-0.4, -0.2) is 11.7 Å². The van der Waals surface area contributed by atoms with Gasteiger partial charge in [-0.25, -0.2) is 4.39 Å². The first-order chi connectivity index (χ1) is 5.66. The Balaban J connectivity index is 2.29. The normalized spacial score (nSPS) is 36.8. The lowest BCUT2D eigenvalue weighted by Crippen LogP contribution is -2.35. The molecule has 1 fully saturated rings. The average Bonchev–Trinajstić information content (AvgIpc) is 2.08. The van der Waals surface area contributed by atoms with Crippen molar-refractivity contribution in [2.75, 3.05) is 0 Å². The van der Waals surface area contributed by atoms with E-state index in [1.54, 1.807) is 0 Å². The molecule has 1 saturated carbocycles. The SMILES string of the molecule is CCCCC1(F)CCC(N)CC1. The van der Waals surface area contributed by atoms with Gasteiger partial charge in [0.15, 0.2) is 0 Å². The zero-order valence-electron chi connectivity index (χ0n) is 7.98. The third-order valence-corrected chi connectivity index (χ3v) is 2.90. The predicted molar refractivity (Wildman–Crippen MR) is 49.8 cm³/mol. The molecule has 2 N–H and O–H groups in total. The van der Waals surface area contributed by atoms with Gasteiger partial charge in [-0.1, -0.05) is 19.8 Å². The Bertz CT molecular complexity index is 122. The Hall–Kier alpha value is -0.110.